The summed E-state index contributed by atoms with van der Waals surface area (Å²) in [5, 5.41) is 4.86. The van der Waals surface area contributed by atoms with E-state index in [-0.39, 0.29) is 10.9 Å². The van der Waals surface area contributed by atoms with Gasteiger partial charge in [0.15, 0.2) is 0 Å². The van der Waals surface area contributed by atoms with Gasteiger partial charge in [-0.15, -0.1) is 0 Å². The van der Waals surface area contributed by atoms with Crippen molar-refractivity contribution in [3.8, 4) is 5.69 Å². The highest BCUT2D eigenvalue weighted by Crippen LogP contribution is 2.24. The van der Waals surface area contributed by atoms with Crippen molar-refractivity contribution in [3.05, 3.63) is 46.0 Å². The summed E-state index contributed by atoms with van der Waals surface area (Å²) in [4.78, 5) is 0. The molecule has 2 nitrogen and oxygen atoms in total. The summed E-state index contributed by atoms with van der Waals surface area (Å²) in [5.74, 6) is -0.215. The summed E-state index contributed by atoms with van der Waals surface area (Å²) >= 11 is 11.7. The van der Waals surface area contributed by atoms with E-state index in [1.807, 2.05) is 13.8 Å². The standard InChI is InChI=1S/C12H11Cl2FN2/c1-7(2)11-6-12(14)17(16-11)8-3-4-9(13)10(15)5-8/h3-7H,1-2H3. The molecule has 90 valence electrons. The van der Waals surface area contributed by atoms with Crippen molar-refractivity contribution in [3.63, 3.8) is 0 Å². The molecule has 5 heteroatoms. The predicted octanol–water partition coefficient (Wildman–Crippen LogP) is 4.44. The van der Waals surface area contributed by atoms with E-state index in [9.17, 15) is 4.39 Å². The van der Waals surface area contributed by atoms with Crippen LogP contribution >= 0.6 is 23.2 Å². The molecule has 0 amide bonds. The third-order valence-corrected chi connectivity index (χ3v) is 3.00. The second kappa shape index (κ2) is 4.67. The Morgan fingerprint density at radius 3 is 2.47 bits per heavy atom. The van der Waals surface area contributed by atoms with Crippen molar-refractivity contribution in [2.45, 2.75) is 19.8 Å². The Kier molecular flexibility index (Phi) is 3.40. The molecule has 17 heavy (non-hydrogen) atoms. The van der Waals surface area contributed by atoms with E-state index in [1.165, 1.54) is 16.8 Å². The highest BCUT2D eigenvalue weighted by molar-refractivity contribution is 6.31. The van der Waals surface area contributed by atoms with Gasteiger partial charge in [0.25, 0.3) is 0 Å². The summed E-state index contributed by atoms with van der Waals surface area (Å²) < 4.78 is 14.8. The number of benzene rings is 1. The summed E-state index contributed by atoms with van der Waals surface area (Å²) in [5.41, 5.74) is 1.43. The molecular formula is C12H11Cl2FN2. The first kappa shape index (κ1) is 12.4. The lowest BCUT2D eigenvalue weighted by Crippen LogP contribution is -1.99. The largest absolute Gasteiger partial charge is 0.222 e. The van der Waals surface area contributed by atoms with Gasteiger partial charge in [-0.3, -0.25) is 0 Å². The van der Waals surface area contributed by atoms with Crippen LogP contribution in [0.3, 0.4) is 0 Å². The van der Waals surface area contributed by atoms with Crippen LogP contribution in [-0.2, 0) is 0 Å². The van der Waals surface area contributed by atoms with Crippen LogP contribution in [0.2, 0.25) is 10.2 Å². The maximum absolute atomic E-state index is 13.3. The van der Waals surface area contributed by atoms with Crippen molar-refractivity contribution >= 4 is 23.2 Å². The SMILES string of the molecule is CC(C)c1cc(Cl)n(-c2ccc(Cl)c(F)c2)n1. The third kappa shape index (κ3) is 2.45. The lowest BCUT2D eigenvalue weighted by Gasteiger charge is -2.04. The molecule has 0 atom stereocenters. The summed E-state index contributed by atoms with van der Waals surface area (Å²) in [6.45, 7) is 4.04. The fraction of sp³-hybridized carbons (Fsp3) is 0.250. The molecule has 1 aromatic carbocycles. The number of aromatic nitrogens is 2. The maximum atomic E-state index is 13.3. The van der Waals surface area contributed by atoms with E-state index in [0.29, 0.717) is 10.8 Å². The fourth-order valence-corrected chi connectivity index (χ4v) is 1.82. The van der Waals surface area contributed by atoms with E-state index in [0.717, 1.165) is 5.69 Å². The molecule has 0 N–H and O–H groups in total. The molecule has 1 heterocycles. The smallest absolute Gasteiger partial charge is 0.143 e. The van der Waals surface area contributed by atoms with Gasteiger partial charge in [-0.25, -0.2) is 9.07 Å². The van der Waals surface area contributed by atoms with Gasteiger partial charge in [0.2, 0.25) is 0 Å². The first-order valence-corrected chi connectivity index (χ1v) is 5.95. The first-order valence-electron chi connectivity index (χ1n) is 5.20. The number of hydrogen-bond donors (Lipinski definition) is 0. The van der Waals surface area contributed by atoms with Crippen molar-refractivity contribution in [2.24, 2.45) is 0 Å². The molecule has 0 saturated heterocycles. The van der Waals surface area contributed by atoms with Gasteiger partial charge in [0, 0.05) is 6.07 Å². The van der Waals surface area contributed by atoms with Crippen LogP contribution in [0.5, 0.6) is 0 Å². The van der Waals surface area contributed by atoms with Crippen LogP contribution in [-0.4, -0.2) is 9.78 Å². The fourth-order valence-electron chi connectivity index (χ4n) is 1.46. The number of nitrogens with zero attached hydrogens (tertiary/aromatic N) is 2. The molecule has 2 aromatic rings. The van der Waals surface area contributed by atoms with Gasteiger partial charge < -0.3 is 0 Å². The van der Waals surface area contributed by atoms with Crippen molar-refractivity contribution in [1.29, 1.82) is 0 Å². The number of rotatable bonds is 2. The molecule has 0 aliphatic rings. The van der Waals surface area contributed by atoms with Gasteiger partial charge in [-0.05, 0) is 24.1 Å². The molecule has 2 rings (SSSR count). The van der Waals surface area contributed by atoms with Gasteiger partial charge in [0.05, 0.1) is 16.4 Å². The molecule has 0 bridgehead atoms. The highest BCUT2D eigenvalue weighted by atomic mass is 35.5. The molecule has 0 saturated carbocycles. The van der Waals surface area contributed by atoms with Crippen LogP contribution in [0, 0.1) is 5.82 Å². The average Bonchev–Trinajstić information content (AvgIpc) is 2.65. The first-order chi connectivity index (χ1) is 7.99. The van der Waals surface area contributed by atoms with Gasteiger partial charge in [-0.2, -0.15) is 5.10 Å². The van der Waals surface area contributed by atoms with Crippen molar-refractivity contribution in [1.82, 2.24) is 9.78 Å². The Hall–Kier alpha value is -1.06. The minimum Gasteiger partial charge on any atom is -0.222 e. The summed E-state index contributed by atoms with van der Waals surface area (Å²) in [6.07, 6.45) is 0. The van der Waals surface area contributed by atoms with E-state index >= 15 is 0 Å². The molecule has 0 unspecified atom stereocenters. The zero-order chi connectivity index (χ0) is 12.6. The molecule has 1 aromatic heterocycles. The van der Waals surface area contributed by atoms with E-state index in [1.54, 1.807) is 12.1 Å². The lowest BCUT2D eigenvalue weighted by molar-refractivity contribution is 0.625. The molecule has 0 aliphatic heterocycles. The van der Waals surface area contributed by atoms with Crippen molar-refractivity contribution < 1.29 is 4.39 Å². The number of hydrogen-bond acceptors (Lipinski definition) is 1. The van der Waals surface area contributed by atoms with E-state index in [2.05, 4.69) is 5.10 Å². The zero-order valence-corrected chi connectivity index (χ0v) is 10.9. The topological polar surface area (TPSA) is 17.8 Å². The predicted molar refractivity (Wildman–Crippen MR) is 67.6 cm³/mol. The highest BCUT2D eigenvalue weighted by Gasteiger charge is 2.11. The average molecular weight is 273 g/mol. The van der Waals surface area contributed by atoms with Crippen molar-refractivity contribution in [2.75, 3.05) is 0 Å². The van der Waals surface area contributed by atoms with Crippen LogP contribution in [0.15, 0.2) is 24.3 Å². The van der Waals surface area contributed by atoms with Gasteiger partial charge in [-0.1, -0.05) is 37.0 Å². The van der Waals surface area contributed by atoms with E-state index in [4.69, 9.17) is 23.2 Å². The molecule has 0 radical (unpaired) electrons. The Labute approximate surface area is 109 Å². The normalized spacial score (nSPS) is 11.2. The van der Waals surface area contributed by atoms with Crippen LogP contribution in [0.25, 0.3) is 5.69 Å². The number of halogens is 3. The van der Waals surface area contributed by atoms with E-state index < -0.39 is 5.82 Å². The maximum Gasteiger partial charge on any atom is 0.143 e. The van der Waals surface area contributed by atoms with Crippen LogP contribution in [0.4, 0.5) is 4.39 Å². The second-order valence-corrected chi connectivity index (χ2v) is 4.85. The minimum absolute atomic E-state index is 0.0844. The minimum atomic E-state index is -0.484. The summed E-state index contributed by atoms with van der Waals surface area (Å²) in [6, 6.07) is 6.25. The molecular weight excluding hydrogens is 262 g/mol. The molecule has 0 aliphatic carbocycles. The summed E-state index contributed by atoms with van der Waals surface area (Å²) in [7, 11) is 0. The van der Waals surface area contributed by atoms with Gasteiger partial charge >= 0.3 is 0 Å². The Morgan fingerprint density at radius 2 is 1.94 bits per heavy atom. The zero-order valence-electron chi connectivity index (χ0n) is 9.42. The quantitative estimate of drug-likeness (QED) is 0.790. The Bertz CT molecular complexity index is 549. The van der Waals surface area contributed by atoms with Gasteiger partial charge in [0.1, 0.15) is 11.0 Å². The van der Waals surface area contributed by atoms with Crippen LogP contribution < -0.4 is 0 Å². The van der Waals surface area contributed by atoms with Crippen LogP contribution in [0.1, 0.15) is 25.5 Å². The Morgan fingerprint density at radius 1 is 1.24 bits per heavy atom. The molecule has 0 fully saturated rings. The lowest BCUT2D eigenvalue weighted by atomic mass is 10.1. The molecule has 0 spiro atoms. The Balaban J connectivity index is 2.49. The second-order valence-electron chi connectivity index (χ2n) is 4.06. The third-order valence-electron chi connectivity index (χ3n) is 2.42. The monoisotopic (exact) mass is 272 g/mol.